The Hall–Kier alpha value is -2.85. The number of nitrogens with zero attached hydrogens (tertiary/aromatic N) is 5. The van der Waals surface area contributed by atoms with E-state index in [2.05, 4.69) is 36.4 Å². The van der Waals surface area contributed by atoms with Gasteiger partial charge in [-0.3, -0.25) is 9.89 Å². The lowest BCUT2D eigenvalue weighted by atomic mass is 10.1. The molecule has 0 saturated carbocycles. The lowest BCUT2D eigenvalue weighted by Crippen LogP contribution is -2.25. The number of amides is 1. The first-order valence-corrected chi connectivity index (χ1v) is 7.76. The molecule has 4 rings (SSSR count). The van der Waals surface area contributed by atoms with Gasteiger partial charge >= 0.3 is 0 Å². The summed E-state index contributed by atoms with van der Waals surface area (Å²) < 4.78 is 15.4. The minimum absolute atomic E-state index is 0. The molecule has 1 aromatic carbocycles. The zero-order chi connectivity index (χ0) is 17.4. The van der Waals surface area contributed by atoms with Gasteiger partial charge in [-0.05, 0) is 35.5 Å². The van der Waals surface area contributed by atoms with Crippen molar-refractivity contribution in [2.75, 3.05) is 11.9 Å². The van der Waals surface area contributed by atoms with Gasteiger partial charge in [0.05, 0.1) is 0 Å². The summed E-state index contributed by atoms with van der Waals surface area (Å²) in [5, 5.41) is 24.0. The normalized spacial score (nSPS) is 13.0. The standard InChI is InChI=1S/C15H15FN8O.ClH/c1-8-19-22-23-24(8)13-6-9(2-3-11(13)16)18-15(25)14-10-7-17-5-4-12(10)20-21-14;/h2-3,6,17H,4-5,7H2,1H3,(H,18,25)(H,20,21);1H. The van der Waals surface area contributed by atoms with E-state index >= 15 is 0 Å². The number of hydrogen-bond acceptors (Lipinski definition) is 6. The maximum Gasteiger partial charge on any atom is 0.276 e. The third kappa shape index (κ3) is 3.16. The van der Waals surface area contributed by atoms with E-state index in [0.29, 0.717) is 23.8 Å². The van der Waals surface area contributed by atoms with Crippen molar-refractivity contribution in [2.45, 2.75) is 19.9 Å². The van der Waals surface area contributed by atoms with Gasteiger partial charge in [0.1, 0.15) is 11.5 Å². The van der Waals surface area contributed by atoms with Crippen molar-refractivity contribution in [3.63, 3.8) is 0 Å². The van der Waals surface area contributed by atoms with Crippen molar-refractivity contribution in [1.29, 1.82) is 0 Å². The minimum Gasteiger partial charge on any atom is -0.321 e. The molecule has 2 aromatic heterocycles. The molecule has 0 unspecified atom stereocenters. The molecule has 3 aromatic rings. The van der Waals surface area contributed by atoms with Crippen LogP contribution in [-0.4, -0.2) is 42.9 Å². The Morgan fingerprint density at radius 2 is 2.23 bits per heavy atom. The van der Waals surface area contributed by atoms with Crippen LogP contribution in [0.3, 0.4) is 0 Å². The van der Waals surface area contributed by atoms with Gasteiger partial charge in [-0.1, -0.05) is 0 Å². The van der Waals surface area contributed by atoms with Crippen LogP contribution >= 0.6 is 12.4 Å². The van der Waals surface area contributed by atoms with Gasteiger partial charge in [0.2, 0.25) is 0 Å². The van der Waals surface area contributed by atoms with Gasteiger partial charge in [-0.25, -0.2) is 4.39 Å². The van der Waals surface area contributed by atoms with Crippen LogP contribution in [0.1, 0.15) is 27.6 Å². The van der Waals surface area contributed by atoms with Crippen LogP contribution < -0.4 is 10.6 Å². The number of rotatable bonds is 3. The molecule has 9 nitrogen and oxygen atoms in total. The molecule has 0 spiro atoms. The van der Waals surface area contributed by atoms with E-state index < -0.39 is 5.82 Å². The summed E-state index contributed by atoms with van der Waals surface area (Å²) >= 11 is 0. The molecule has 1 amide bonds. The fourth-order valence-corrected chi connectivity index (χ4v) is 2.81. The fraction of sp³-hybridized carbons (Fsp3) is 0.267. The second kappa shape index (κ2) is 7.18. The summed E-state index contributed by atoms with van der Waals surface area (Å²) in [5.74, 6) is -0.406. The summed E-state index contributed by atoms with van der Waals surface area (Å²) in [4.78, 5) is 12.5. The van der Waals surface area contributed by atoms with Crippen LogP contribution in [0.4, 0.5) is 10.1 Å². The third-order valence-electron chi connectivity index (χ3n) is 4.08. The molecule has 3 N–H and O–H groups in total. The predicted molar refractivity (Wildman–Crippen MR) is 93.0 cm³/mol. The van der Waals surface area contributed by atoms with Crippen molar-refractivity contribution in [2.24, 2.45) is 0 Å². The van der Waals surface area contributed by atoms with Crippen molar-refractivity contribution in [1.82, 2.24) is 35.7 Å². The number of benzene rings is 1. The number of tetrazole rings is 1. The second-order valence-corrected chi connectivity index (χ2v) is 5.71. The molecule has 0 aliphatic carbocycles. The summed E-state index contributed by atoms with van der Waals surface area (Å²) in [6, 6.07) is 4.22. The highest BCUT2D eigenvalue weighted by molar-refractivity contribution is 6.04. The largest absolute Gasteiger partial charge is 0.321 e. The number of aromatic amines is 1. The van der Waals surface area contributed by atoms with E-state index in [4.69, 9.17) is 0 Å². The number of aromatic nitrogens is 6. The van der Waals surface area contributed by atoms with Gasteiger partial charge in [0.25, 0.3) is 5.91 Å². The quantitative estimate of drug-likeness (QED) is 0.630. The Morgan fingerprint density at radius 3 is 3.00 bits per heavy atom. The molecular formula is C15H16ClFN8O. The van der Waals surface area contributed by atoms with Crippen LogP contribution in [-0.2, 0) is 13.0 Å². The number of halogens is 2. The van der Waals surface area contributed by atoms with Gasteiger partial charge in [-0.2, -0.15) is 9.78 Å². The van der Waals surface area contributed by atoms with Crippen LogP contribution in [0.5, 0.6) is 0 Å². The second-order valence-electron chi connectivity index (χ2n) is 5.71. The molecule has 3 heterocycles. The lowest BCUT2D eigenvalue weighted by Gasteiger charge is -2.13. The number of fused-ring (bicyclic) bond motifs is 1. The maximum absolute atomic E-state index is 14.1. The van der Waals surface area contributed by atoms with Crippen LogP contribution in [0.15, 0.2) is 18.2 Å². The fourth-order valence-electron chi connectivity index (χ4n) is 2.81. The first-order chi connectivity index (χ1) is 12.1. The van der Waals surface area contributed by atoms with Gasteiger partial charge in [-0.15, -0.1) is 17.5 Å². The highest BCUT2D eigenvalue weighted by Crippen LogP contribution is 2.21. The van der Waals surface area contributed by atoms with Crippen LogP contribution in [0, 0.1) is 12.7 Å². The average Bonchev–Trinajstić information content (AvgIpc) is 3.23. The number of H-pyrrole nitrogens is 1. The molecule has 0 radical (unpaired) electrons. The highest BCUT2D eigenvalue weighted by Gasteiger charge is 2.22. The average molecular weight is 379 g/mol. The number of aryl methyl sites for hydroxylation is 1. The topological polar surface area (TPSA) is 113 Å². The Balaban J connectivity index is 0.00000196. The molecule has 136 valence electrons. The molecular weight excluding hydrogens is 363 g/mol. The maximum atomic E-state index is 14.1. The van der Waals surface area contributed by atoms with E-state index in [-0.39, 0.29) is 24.0 Å². The van der Waals surface area contributed by atoms with E-state index in [0.717, 1.165) is 24.2 Å². The van der Waals surface area contributed by atoms with Crippen molar-refractivity contribution in [3.8, 4) is 5.69 Å². The summed E-state index contributed by atoms with van der Waals surface area (Å²) in [7, 11) is 0. The van der Waals surface area contributed by atoms with Crippen molar-refractivity contribution < 1.29 is 9.18 Å². The molecule has 26 heavy (non-hydrogen) atoms. The SMILES string of the molecule is Cc1nnnn1-c1cc(NC(=O)c2n[nH]c3c2CNCC3)ccc1F.Cl. The van der Waals surface area contributed by atoms with Gasteiger partial charge < -0.3 is 10.6 Å². The Kier molecular flexibility index (Phi) is 4.96. The summed E-state index contributed by atoms with van der Waals surface area (Å²) in [5.41, 5.74) is 2.75. The highest BCUT2D eigenvalue weighted by atomic mass is 35.5. The van der Waals surface area contributed by atoms with E-state index in [1.807, 2.05) is 0 Å². The number of nitrogens with one attached hydrogen (secondary N) is 3. The van der Waals surface area contributed by atoms with Gasteiger partial charge in [0.15, 0.2) is 11.5 Å². The molecule has 0 atom stereocenters. The van der Waals surface area contributed by atoms with Crippen molar-refractivity contribution in [3.05, 3.63) is 46.8 Å². The third-order valence-corrected chi connectivity index (χ3v) is 4.08. The number of anilines is 1. The zero-order valence-corrected chi connectivity index (χ0v) is 14.6. The number of carbonyl (C=O) groups excluding carboxylic acids is 1. The number of hydrogen-bond donors (Lipinski definition) is 3. The lowest BCUT2D eigenvalue weighted by molar-refractivity contribution is 0.102. The first kappa shape index (κ1) is 18.0. The van der Waals surface area contributed by atoms with E-state index in [1.54, 1.807) is 6.92 Å². The Labute approximate surface area is 153 Å². The first-order valence-electron chi connectivity index (χ1n) is 7.76. The van der Waals surface area contributed by atoms with Crippen LogP contribution in [0.25, 0.3) is 5.69 Å². The van der Waals surface area contributed by atoms with Crippen LogP contribution in [0.2, 0.25) is 0 Å². The Morgan fingerprint density at radius 1 is 1.38 bits per heavy atom. The molecule has 0 fully saturated rings. The monoisotopic (exact) mass is 378 g/mol. The predicted octanol–water partition coefficient (Wildman–Crippen LogP) is 1.15. The van der Waals surface area contributed by atoms with Crippen molar-refractivity contribution >= 4 is 24.0 Å². The summed E-state index contributed by atoms with van der Waals surface area (Å²) in [6.07, 6.45) is 0.800. The molecule has 11 heteroatoms. The molecule has 0 bridgehead atoms. The van der Waals surface area contributed by atoms with E-state index in [1.165, 1.54) is 22.9 Å². The minimum atomic E-state index is -0.491. The molecule has 0 saturated heterocycles. The summed E-state index contributed by atoms with van der Waals surface area (Å²) in [6.45, 7) is 3.10. The Bertz CT molecular complexity index is 953. The van der Waals surface area contributed by atoms with E-state index in [9.17, 15) is 9.18 Å². The molecule has 1 aliphatic rings. The van der Waals surface area contributed by atoms with Gasteiger partial charge in [0, 0.05) is 36.5 Å². The molecule has 1 aliphatic heterocycles. The number of carbonyl (C=O) groups is 1. The zero-order valence-electron chi connectivity index (χ0n) is 13.8. The smallest absolute Gasteiger partial charge is 0.276 e.